The van der Waals surface area contributed by atoms with Crippen molar-refractivity contribution in [3.63, 3.8) is 0 Å². The molecule has 2 saturated carbocycles. The predicted octanol–water partition coefficient (Wildman–Crippen LogP) is 4.55. The third-order valence-corrected chi connectivity index (χ3v) is 6.78. The lowest BCUT2D eigenvalue weighted by Crippen LogP contribution is -2.44. The third kappa shape index (κ3) is 3.76. The van der Waals surface area contributed by atoms with Crippen LogP contribution in [-0.2, 0) is 16.0 Å². The number of carbonyl (C=O) groups excluding carboxylic acids is 1. The first-order valence-corrected chi connectivity index (χ1v) is 10.2. The molecule has 25 heavy (non-hydrogen) atoms. The van der Waals surface area contributed by atoms with Crippen LogP contribution in [-0.4, -0.2) is 30.2 Å². The molecule has 136 valence electrons. The molecule has 1 aromatic carbocycles. The van der Waals surface area contributed by atoms with Crippen LogP contribution in [0.2, 0.25) is 0 Å². The molecule has 0 bridgehead atoms. The van der Waals surface area contributed by atoms with Gasteiger partial charge in [0.2, 0.25) is 5.91 Å². The number of hydrogen-bond donors (Lipinski definition) is 0. The molecule has 1 saturated heterocycles. The monoisotopic (exact) mass is 341 g/mol. The zero-order valence-electron chi connectivity index (χ0n) is 15.3. The molecule has 3 aliphatic rings. The van der Waals surface area contributed by atoms with Gasteiger partial charge in [-0.2, -0.15) is 0 Å². The van der Waals surface area contributed by atoms with E-state index in [1.807, 2.05) is 11.0 Å². The Labute approximate surface area is 151 Å². The second kappa shape index (κ2) is 7.49. The maximum Gasteiger partial charge on any atom is 0.227 e. The Bertz CT molecular complexity index is 573. The Morgan fingerprint density at radius 1 is 1.08 bits per heavy atom. The molecular weight excluding hydrogens is 310 g/mol. The SMILES string of the molecule is O=C(C1CCCC2(CCCCC2)C1)N1COC[C@H]1Cc1ccccc1. The fraction of sp³-hybridized carbons (Fsp3) is 0.682. The molecule has 0 radical (unpaired) electrons. The highest BCUT2D eigenvalue weighted by Crippen LogP contribution is 2.49. The van der Waals surface area contributed by atoms with Crippen LogP contribution in [0.5, 0.6) is 0 Å². The summed E-state index contributed by atoms with van der Waals surface area (Å²) in [5.41, 5.74) is 1.77. The summed E-state index contributed by atoms with van der Waals surface area (Å²) in [5, 5.41) is 0. The molecule has 2 atom stereocenters. The topological polar surface area (TPSA) is 29.5 Å². The zero-order chi connectivity index (χ0) is 17.1. The fourth-order valence-corrected chi connectivity index (χ4v) is 5.43. The minimum absolute atomic E-state index is 0.208. The normalized spacial score (nSPS) is 29.0. The lowest BCUT2D eigenvalue weighted by Gasteiger charge is -2.44. The minimum atomic E-state index is 0.208. The highest BCUT2D eigenvalue weighted by atomic mass is 16.5. The molecule has 3 nitrogen and oxygen atoms in total. The van der Waals surface area contributed by atoms with E-state index in [2.05, 4.69) is 24.3 Å². The van der Waals surface area contributed by atoms with E-state index < -0.39 is 0 Å². The molecule has 2 aliphatic carbocycles. The molecule has 1 unspecified atom stereocenters. The minimum Gasteiger partial charge on any atom is -0.359 e. The van der Waals surface area contributed by atoms with Gasteiger partial charge in [0.1, 0.15) is 6.73 Å². The number of amides is 1. The maximum absolute atomic E-state index is 13.3. The van der Waals surface area contributed by atoms with Gasteiger partial charge in [0.05, 0.1) is 12.6 Å². The summed E-state index contributed by atoms with van der Waals surface area (Å²) in [5.74, 6) is 0.593. The molecule has 3 heteroatoms. The Morgan fingerprint density at radius 2 is 1.84 bits per heavy atom. The van der Waals surface area contributed by atoms with Gasteiger partial charge in [-0.25, -0.2) is 0 Å². The highest BCUT2D eigenvalue weighted by Gasteiger charge is 2.42. The number of hydrogen-bond acceptors (Lipinski definition) is 2. The molecule has 1 spiro atoms. The lowest BCUT2D eigenvalue weighted by molar-refractivity contribution is -0.140. The van der Waals surface area contributed by atoms with Gasteiger partial charge in [0.25, 0.3) is 0 Å². The number of ether oxygens (including phenoxy) is 1. The van der Waals surface area contributed by atoms with E-state index >= 15 is 0 Å². The van der Waals surface area contributed by atoms with Crippen LogP contribution in [0.1, 0.15) is 63.4 Å². The van der Waals surface area contributed by atoms with Gasteiger partial charge in [-0.15, -0.1) is 0 Å². The van der Waals surface area contributed by atoms with E-state index in [0.717, 1.165) is 19.3 Å². The van der Waals surface area contributed by atoms with Gasteiger partial charge in [-0.05, 0) is 49.5 Å². The van der Waals surface area contributed by atoms with Crippen molar-refractivity contribution in [2.45, 2.75) is 70.3 Å². The van der Waals surface area contributed by atoms with Crippen LogP contribution in [0, 0.1) is 11.3 Å². The van der Waals surface area contributed by atoms with Crippen LogP contribution in [0.25, 0.3) is 0 Å². The average molecular weight is 341 g/mol. The molecule has 0 N–H and O–H groups in total. The fourth-order valence-electron chi connectivity index (χ4n) is 5.43. The third-order valence-electron chi connectivity index (χ3n) is 6.78. The first-order chi connectivity index (χ1) is 12.3. The van der Waals surface area contributed by atoms with Crippen molar-refractivity contribution in [1.82, 2.24) is 4.90 Å². The summed E-state index contributed by atoms with van der Waals surface area (Å²) in [6, 6.07) is 10.7. The van der Waals surface area contributed by atoms with Crippen molar-refractivity contribution in [2.75, 3.05) is 13.3 Å². The van der Waals surface area contributed by atoms with E-state index in [1.165, 1.54) is 50.5 Å². The van der Waals surface area contributed by atoms with E-state index in [9.17, 15) is 4.79 Å². The lowest BCUT2D eigenvalue weighted by atomic mass is 9.62. The molecule has 4 rings (SSSR count). The second-order valence-electron chi connectivity index (χ2n) is 8.51. The average Bonchev–Trinajstić information content (AvgIpc) is 3.11. The van der Waals surface area contributed by atoms with Crippen molar-refractivity contribution in [3.8, 4) is 0 Å². The maximum atomic E-state index is 13.3. The second-order valence-corrected chi connectivity index (χ2v) is 8.51. The van der Waals surface area contributed by atoms with Gasteiger partial charge in [-0.1, -0.05) is 56.0 Å². The van der Waals surface area contributed by atoms with Crippen molar-refractivity contribution in [3.05, 3.63) is 35.9 Å². The first-order valence-electron chi connectivity index (χ1n) is 10.2. The summed E-state index contributed by atoms with van der Waals surface area (Å²) in [4.78, 5) is 15.3. The number of nitrogens with zero attached hydrogens (tertiary/aromatic N) is 1. The van der Waals surface area contributed by atoms with Gasteiger partial charge < -0.3 is 9.64 Å². The molecule has 0 aromatic heterocycles. The van der Waals surface area contributed by atoms with Crippen LogP contribution in [0.3, 0.4) is 0 Å². The summed E-state index contributed by atoms with van der Waals surface area (Å²) in [7, 11) is 0. The number of carbonyl (C=O) groups is 1. The van der Waals surface area contributed by atoms with E-state index in [1.54, 1.807) is 0 Å². The Hall–Kier alpha value is -1.35. The highest BCUT2D eigenvalue weighted by molar-refractivity contribution is 5.79. The zero-order valence-corrected chi connectivity index (χ0v) is 15.3. The van der Waals surface area contributed by atoms with Crippen LogP contribution < -0.4 is 0 Å². The van der Waals surface area contributed by atoms with Crippen LogP contribution in [0.4, 0.5) is 0 Å². The summed E-state index contributed by atoms with van der Waals surface area (Å²) in [6.45, 7) is 1.17. The summed E-state index contributed by atoms with van der Waals surface area (Å²) >= 11 is 0. The molecule has 1 aliphatic heterocycles. The smallest absolute Gasteiger partial charge is 0.227 e. The van der Waals surface area contributed by atoms with Crippen molar-refractivity contribution < 1.29 is 9.53 Å². The van der Waals surface area contributed by atoms with Gasteiger partial charge in [-0.3, -0.25) is 4.79 Å². The van der Waals surface area contributed by atoms with Crippen LogP contribution in [0.15, 0.2) is 30.3 Å². The molecular formula is C22H31NO2. The van der Waals surface area contributed by atoms with E-state index in [-0.39, 0.29) is 12.0 Å². The van der Waals surface area contributed by atoms with E-state index in [0.29, 0.717) is 24.7 Å². The molecule has 1 heterocycles. The van der Waals surface area contributed by atoms with Crippen LogP contribution >= 0.6 is 0 Å². The Morgan fingerprint density at radius 3 is 2.64 bits per heavy atom. The molecule has 1 amide bonds. The Balaban J connectivity index is 1.42. The Kier molecular flexibility index (Phi) is 5.12. The standard InChI is InChI=1S/C22H31NO2/c24-21(19-10-7-13-22(15-19)11-5-2-6-12-22)23-17-25-16-20(23)14-18-8-3-1-4-9-18/h1,3-4,8-9,19-20H,2,5-7,10-17H2/t19?,20-/m1/s1. The quantitative estimate of drug-likeness (QED) is 0.807. The summed E-state index contributed by atoms with van der Waals surface area (Å²) < 4.78 is 5.70. The molecule has 3 fully saturated rings. The van der Waals surface area contributed by atoms with E-state index in [4.69, 9.17) is 4.74 Å². The van der Waals surface area contributed by atoms with Crippen molar-refractivity contribution >= 4 is 5.91 Å². The van der Waals surface area contributed by atoms with Gasteiger partial charge in [0.15, 0.2) is 0 Å². The van der Waals surface area contributed by atoms with Gasteiger partial charge >= 0.3 is 0 Å². The van der Waals surface area contributed by atoms with Gasteiger partial charge in [0, 0.05) is 5.92 Å². The summed E-state index contributed by atoms with van der Waals surface area (Å²) in [6.07, 6.45) is 12.5. The largest absolute Gasteiger partial charge is 0.359 e. The number of rotatable bonds is 3. The first kappa shape index (κ1) is 17.1. The van der Waals surface area contributed by atoms with Crippen molar-refractivity contribution in [1.29, 1.82) is 0 Å². The van der Waals surface area contributed by atoms with Crippen molar-refractivity contribution in [2.24, 2.45) is 11.3 Å². The molecule has 1 aromatic rings. The predicted molar refractivity (Wildman–Crippen MR) is 99.1 cm³/mol. The number of benzene rings is 1.